The van der Waals surface area contributed by atoms with Crippen molar-refractivity contribution >= 4 is 40.4 Å². The lowest BCUT2D eigenvalue weighted by atomic mass is 10.2. The molecule has 168 valence electrons. The van der Waals surface area contributed by atoms with Crippen molar-refractivity contribution in [2.24, 2.45) is 0 Å². The van der Waals surface area contributed by atoms with Gasteiger partial charge in [-0.25, -0.2) is 4.98 Å². The van der Waals surface area contributed by atoms with Crippen LogP contribution in [0.4, 0.5) is 5.69 Å². The number of hydrogen-bond donors (Lipinski definition) is 1. The van der Waals surface area contributed by atoms with Crippen molar-refractivity contribution < 1.29 is 18.4 Å². The van der Waals surface area contributed by atoms with E-state index in [-0.39, 0.29) is 5.91 Å². The van der Waals surface area contributed by atoms with E-state index in [1.807, 2.05) is 48.5 Å². The summed E-state index contributed by atoms with van der Waals surface area (Å²) in [5, 5.41) is 3.51. The smallest absolute Gasteiger partial charge is 0.248 e. The number of ether oxygens (including phenoxy) is 1. The van der Waals surface area contributed by atoms with Crippen molar-refractivity contribution in [3.05, 3.63) is 95.7 Å². The van der Waals surface area contributed by atoms with Crippen molar-refractivity contribution in [3.8, 4) is 28.5 Å². The molecule has 34 heavy (non-hydrogen) atoms. The van der Waals surface area contributed by atoms with Gasteiger partial charge < -0.3 is 18.9 Å². The Morgan fingerprint density at radius 2 is 1.82 bits per heavy atom. The molecule has 0 unspecified atom stereocenters. The lowest BCUT2D eigenvalue weighted by Gasteiger charge is -2.03. The molecule has 0 atom stereocenters. The Morgan fingerprint density at radius 1 is 0.971 bits per heavy atom. The normalized spacial score (nSPS) is 11.2. The van der Waals surface area contributed by atoms with Gasteiger partial charge in [0.05, 0.1) is 7.11 Å². The van der Waals surface area contributed by atoms with Gasteiger partial charge in [-0.05, 0) is 72.8 Å². The molecule has 0 aliphatic rings. The summed E-state index contributed by atoms with van der Waals surface area (Å²) < 4.78 is 16.9. The molecular formula is C27H19ClN2O4. The number of anilines is 1. The van der Waals surface area contributed by atoms with E-state index in [0.29, 0.717) is 45.0 Å². The monoisotopic (exact) mass is 470 g/mol. The van der Waals surface area contributed by atoms with E-state index in [4.69, 9.17) is 25.2 Å². The third-order valence-electron chi connectivity index (χ3n) is 5.13. The summed E-state index contributed by atoms with van der Waals surface area (Å²) in [6.45, 7) is 0. The first-order valence-corrected chi connectivity index (χ1v) is 10.8. The van der Waals surface area contributed by atoms with Crippen LogP contribution in [0.5, 0.6) is 5.75 Å². The number of methoxy groups -OCH3 is 1. The van der Waals surface area contributed by atoms with Crippen molar-refractivity contribution in [1.29, 1.82) is 0 Å². The highest BCUT2D eigenvalue weighted by atomic mass is 35.5. The lowest BCUT2D eigenvalue weighted by molar-refractivity contribution is -0.111. The number of rotatable bonds is 6. The van der Waals surface area contributed by atoms with Crippen LogP contribution in [0.1, 0.15) is 5.76 Å². The minimum absolute atomic E-state index is 0.288. The second-order valence-electron chi connectivity index (χ2n) is 7.46. The summed E-state index contributed by atoms with van der Waals surface area (Å²) in [4.78, 5) is 17.0. The second kappa shape index (κ2) is 9.29. The molecular weight excluding hydrogens is 452 g/mol. The first-order chi connectivity index (χ1) is 16.6. The summed E-state index contributed by atoms with van der Waals surface area (Å²) in [5.41, 5.74) is 3.62. The van der Waals surface area contributed by atoms with Gasteiger partial charge in [-0.3, -0.25) is 4.79 Å². The van der Waals surface area contributed by atoms with Crippen molar-refractivity contribution in [2.75, 3.05) is 12.4 Å². The van der Waals surface area contributed by atoms with Crippen LogP contribution in [0.15, 0.2) is 93.8 Å². The van der Waals surface area contributed by atoms with Gasteiger partial charge in [0, 0.05) is 34.0 Å². The third kappa shape index (κ3) is 4.72. The molecule has 0 aliphatic carbocycles. The van der Waals surface area contributed by atoms with Crippen LogP contribution in [0.25, 0.3) is 40.0 Å². The van der Waals surface area contributed by atoms with E-state index in [1.54, 1.807) is 43.5 Å². The number of furan rings is 1. The van der Waals surface area contributed by atoms with E-state index in [1.165, 1.54) is 6.08 Å². The zero-order valence-corrected chi connectivity index (χ0v) is 18.9. The van der Waals surface area contributed by atoms with Crippen LogP contribution < -0.4 is 10.1 Å². The Bertz CT molecular complexity index is 1500. The van der Waals surface area contributed by atoms with Crippen LogP contribution in [-0.4, -0.2) is 18.0 Å². The fourth-order valence-electron chi connectivity index (χ4n) is 3.44. The summed E-state index contributed by atoms with van der Waals surface area (Å²) in [6, 6.07) is 23.7. The highest BCUT2D eigenvalue weighted by Crippen LogP contribution is 2.28. The molecule has 2 heterocycles. The number of aromatic nitrogens is 1. The van der Waals surface area contributed by atoms with E-state index in [9.17, 15) is 4.79 Å². The largest absolute Gasteiger partial charge is 0.497 e. The summed E-state index contributed by atoms with van der Waals surface area (Å²) in [7, 11) is 1.60. The Kier molecular flexibility index (Phi) is 5.89. The molecule has 2 aromatic heterocycles. The van der Waals surface area contributed by atoms with Gasteiger partial charge in [0.25, 0.3) is 0 Å². The molecule has 1 amide bonds. The Balaban J connectivity index is 1.28. The third-order valence-corrected chi connectivity index (χ3v) is 5.38. The molecule has 0 fully saturated rings. The van der Waals surface area contributed by atoms with Gasteiger partial charge in [-0.2, -0.15) is 0 Å². The van der Waals surface area contributed by atoms with E-state index in [0.717, 1.165) is 11.1 Å². The van der Waals surface area contributed by atoms with E-state index >= 15 is 0 Å². The van der Waals surface area contributed by atoms with Crippen LogP contribution in [0.3, 0.4) is 0 Å². The summed E-state index contributed by atoms with van der Waals surface area (Å²) >= 11 is 5.93. The molecule has 0 spiro atoms. The first kappa shape index (κ1) is 21.6. The Labute approximate surface area is 200 Å². The van der Waals surface area contributed by atoms with Crippen LogP contribution in [0, 0.1) is 0 Å². The average Bonchev–Trinajstić information content (AvgIpc) is 3.50. The van der Waals surface area contributed by atoms with Crippen molar-refractivity contribution in [1.82, 2.24) is 4.98 Å². The predicted octanol–water partition coefficient (Wildman–Crippen LogP) is 7.07. The lowest BCUT2D eigenvalue weighted by Crippen LogP contribution is -2.07. The van der Waals surface area contributed by atoms with Gasteiger partial charge in [0.1, 0.15) is 22.8 Å². The highest BCUT2D eigenvalue weighted by molar-refractivity contribution is 6.30. The van der Waals surface area contributed by atoms with Crippen LogP contribution >= 0.6 is 11.6 Å². The van der Waals surface area contributed by atoms with Crippen LogP contribution in [-0.2, 0) is 4.79 Å². The number of hydrogen-bond acceptors (Lipinski definition) is 5. The maximum Gasteiger partial charge on any atom is 0.248 e. The minimum Gasteiger partial charge on any atom is -0.497 e. The SMILES string of the molecule is COc1ccc2oc(-c3cccc(NC(=O)/C=C/c4ccc(-c5ccc(Cl)cc5)o4)c3)nc2c1. The molecule has 0 saturated carbocycles. The topological polar surface area (TPSA) is 77.5 Å². The number of benzene rings is 3. The van der Waals surface area contributed by atoms with Gasteiger partial charge in [0.15, 0.2) is 5.58 Å². The van der Waals surface area contributed by atoms with E-state index in [2.05, 4.69) is 10.3 Å². The molecule has 7 heteroatoms. The summed E-state index contributed by atoms with van der Waals surface area (Å²) in [6.07, 6.45) is 3.04. The number of carbonyl (C=O) groups excluding carboxylic acids is 1. The van der Waals surface area contributed by atoms with Gasteiger partial charge in [-0.15, -0.1) is 0 Å². The van der Waals surface area contributed by atoms with Crippen molar-refractivity contribution in [2.45, 2.75) is 0 Å². The molecule has 3 aromatic carbocycles. The highest BCUT2D eigenvalue weighted by Gasteiger charge is 2.10. The molecule has 5 rings (SSSR count). The van der Waals surface area contributed by atoms with Gasteiger partial charge in [-0.1, -0.05) is 17.7 Å². The number of oxazole rings is 1. The maximum absolute atomic E-state index is 12.5. The molecule has 0 saturated heterocycles. The fraction of sp³-hybridized carbons (Fsp3) is 0.0370. The molecule has 5 aromatic rings. The second-order valence-corrected chi connectivity index (χ2v) is 7.90. The number of nitrogens with zero attached hydrogens (tertiary/aromatic N) is 1. The molecule has 0 aliphatic heterocycles. The number of fused-ring (bicyclic) bond motifs is 1. The first-order valence-electron chi connectivity index (χ1n) is 10.5. The molecule has 0 bridgehead atoms. The average molecular weight is 471 g/mol. The fourth-order valence-corrected chi connectivity index (χ4v) is 3.57. The number of halogens is 1. The van der Waals surface area contributed by atoms with Crippen LogP contribution in [0.2, 0.25) is 5.02 Å². The number of nitrogens with one attached hydrogen (secondary N) is 1. The molecule has 1 N–H and O–H groups in total. The maximum atomic E-state index is 12.5. The van der Waals surface area contributed by atoms with E-state index < -0.39 is 0 Å². The molecule has 6 nitrogen and oxygen atoms in total. The zero-order chi connectivity index (χ0) is 23.5. The number of amides is 1. The Hall–Kier alpha value is -4.29. The molecule has 0 radical (unpaired) electrons. The zero-order valence-electron chi connectivity index (χ0n) is 18.1. The van der Waals surface area contributed by atoms with Gasteiger partial charge in [0.2, 0.25) is 11.8 Å². The predicted molar refractivity (Wildman–Crippen MR) is 133 cm³/mol. The number of carbonyl (C=O) groups is 1. The summed E-state index contributed by atoms with van der Waals surface area (Å²) in [5.74, 6) is 2.14. The standard InChI is InChI=1S/C27H19ClN2O4/c1-32-22-10-13-25-23(16-22)30-27(34-25)18-3-2-4-20(15-18)29-26(31)14-11-21-9-12-24(33-21)17-5-7-19(28)8-6-17/h2-16H,1H3,(H,29,31)/b14-11+. The quantitative estimate of drug-likeness (QED) is 0.268. The van der Waals surface area contributed by atoms with Crippen molar-refractivity contribution in [3.63, 3.8) is 0 Å². The Morgan fingerprint density at radius 3 is 2.65 bits per heavy atom. The van der Waals surface area contributed by atoms with Gasteiger partial charge >= 0.3 is 0 Å². The minimum atomic E-state index is -0.288.